The summed E-state index contributed by atoms with van der Waals surface area (Å²) in [6.07, 6.45) is 11.4. The maximum Gasteiger partial charge on any atom is 0.341 e. The fraction of sp³-hybridized carbons (Fsp3) is 0.655. The molecule has 220 valence electrons. The quantitative estimate of drug-likeness (QED) is 0.183. The standard InChI is InChI=1S/C29H45NO9/c1-20(10-7-11-21(2)13-9-15-23-16-17-30(25(23)33)19-24(31)32)12-8-14-22(3)18-29(37,27(35)39-6)28(4,36)26(34)38-5/h11-12,16,22,36-37H,7-10,13-15,17-19H2,1-6H3,(H,31,32)/b20-12-,21-11+/t22-,28-,29+/m1/s1. The first kappa shape index (κ1) is 34.0. The Hall–Kier alpha value is -2.98. The molecule has 1 heterocycles. The lowest BCUT2D eigenvalue weighted by molar-refractivity contribution is -0.210. The van der Waals surface area contributed by atoms with E-state index in [4.69, 9.17) is 5.11 Å². The molecule has 10 heteroatoms. The molecule has 0 bridgehead atoms. The number of allylic oxidation sites excluding steroid dienone is 4. The van der Waals surface area contributed by atoms with E-state index in [0.29, 0.717) is 31.4 Å². The normalized spacial score (nSPS) is 18.2. The zero-order valence-electron chi connectivity index (χ0n) is 24.1. The molecule has 0 radical (unpaired) electrons. The first-order chi connectivity index (χ1) is 18.2. The average molecular weight is 552 g/mol. The molecule has 10 nitrogen and oxygen atoms in total. The van der Waals surface area contributed by atoms with Gasteiger partial charge in [0, 0.05) is 12.1 Å². The Labute approximate surface area is 231 Å². The van der Waals surface area contributed by atoms with Crippen molar-refractivity contribution in [2.75, 3.05) is 27.3 Å². The van der Waals surface area contributed by atoms with Crippen molar-refractivity contribution >= 4 is 23.8 Å². The van der Waals surface area contributed by atoms with E-state index in [-0.39, 0.29) is 24.8 Å². The van der Waals surface area contributed by atoms with Gasteiger partial charge >= 0.3 is 17.9 Å². The lowest BCUT2D eigenvalue weighted by Gasteiger charge is -2.37. The Bertz CT molecular complexity index is 979. The molecule has 1 aliphatic rings. The summed E-state index contributed by atoms with van der Waals surface area (Å²) < 4.78 is 9.22. The smallest absolute Gasteiger partial charge is 0.341 e. The molecule has 0 aromatic heterocycles. The number of hydrogen-bond donors (Lipinski definition) is 3. The minimum atomic E-state index is -2.46. The van der Waals surface area contributed by atoms with Crippen LogP contribution in [0.5, 0.6) is 0 Å². The van der Waals surface area contributed by atoms with Gasteiger partial charge in [-0.2, -0.15) is 0 Å². The van der Waals surface area contributed by atoms with Crippen molar-refractivity contribution in [3.63, 3.8) is 0 Å². The number of methoxy groups -OCH3 is 2. The van der Waals surface area contributed by atoms with Gasteiger partial charge in [-0.3, -0.25) is 9.59 Å². The van der Waals surface area contributed by atoms with Gasteiger partial charge in [0.25, 0.3) is 0 Å². The number of aliphatic hydroxyl groups is 2. The van der Waals surface area contributed by atoms with Gasteiger partial charge in [-0.05, 0) is 78.1 Å². The van der Waals surface area contributed by atoms with Crippen LogP contribution < -0.4 is 0 Å². The van der Waals surface area contributed by atoms with E-state index in [9.17, 15) is 29.4 Å². The van der Waals surface area contributed by atoms with E-state index >= 15 is 0 Å². The predicted octanol–water partition coefficient (Wildman–Crippen LogP) is 3.32. The zero-order valence-corrected chi connectivity index (χ0v) is 24.1. The summed E-state index contributed by atoms with van der Waals surface area (Å²) in [7, 11) is 2.15. The summed E-state index contributed by atoms with van der Waals surface area (Å²) in [6.45, 7) is 7.07. The van der Waals surface area contributed by atoms with Crippen molar-refractivity contribution < 1.29 is 44.0 Å². The third kappa shape index (κ3) is 9.93. The van der Waals surface area contributed by atoms with Crippen molar-refractivity contribution in [3.05, 3.63) is 34.9 Å². The number of carbonyl (C=O) groups excluding carboxylic acids is 3. The zero-order chi connectivity index (χ0) is 29.8. The van der Waals surface area contributed by atoms with E-state index < -0.39 is 29.1 Å². The highest BCUT2D eigenvalue weighted by Gasteiger charge is 2.58. The lowest BCUT2D eigenvalue weighted by atomic mass is 9.77. The van der Waals surface area contributed by atoms with Crippen LogP contribution >= 0.6 is 0 Å². The van der Waals surface area contributed by atoms with Gasteiger partial charge in [0.05, 0.1) is 14.2 Å². The van der Waals surface area contributed by atoms with Crippen LogP contribution in [0.25, 0.3) is 0 Å². The molecule has 0 unspecified atom stereocenters. The highest BCUT2D eigenvalue weighted by Crippen LogP contribution is 2.33. The second-order valence-corrected chi connectivity index (χ2v) is 10.6. The molecule has 0 aromatic carbocycles. The number of carboxylic acid groups (broad SMARTS) is 1. The molecule has 3 N–H and O–H groups in total. The summed E-state index contributed by atoms with van der Waals surface area (Å²) in [5, 5.41) is 30.4. The lowest BCUT2D eigenvalue weighted by Crippen LogP contribution is -2.63. The van der Waals surface area contributed by atoms with Gasteiger partial charge in [-0.1, -0.05) is 36.3 Å². The molecule has 0 saturated carbocycles. The number of hydrogen-bond acceptors (Lipinski definition) is 8. The number of nitrogens with zero attached hydrogens (tertiary/aromatic N) is 1. The van der Waals surface area contributed by atoms with Crippen LogP contribution in [0, 0.1) is 5.92 Å². The minimum Gasteiger partial charge on any atom is -0.480 e. The van der Waals surface area contributed by atoms with Gasteiger partial charge in [0.2, 0.25) is 11.5 Å². The van der Waals surface area contributed by atoms with Crippen molar-refractivity contribution in [2.24, 2.45) is 5.92 Å². The summed E-state index contributed by atoms with van der Waals surface area (Å²) in [4.78, 5) is 48.7. The van der Waals surface area contributed by atoms with Crippen molar-refractivity contribution in [3.8, 4) is 0 Å². The monoisotopic (exact) mass is 551 g/mol. The number of aliphatic carboxylic acids is 1. The largest absolute Gasteiger partial charge is 0.480 e. The van der Waals surface area contributed by atoms with E-state index in [0.717, 1.165) is 46.8 Å². The van der Waals surface area contributed by atoms with E-state index in [1.807, 2.05) is 19.9 Å². The Kier molecular flexibility index (Phi) is 13.6. The first-order valence-corrected chi connectivity index (χ1v) is 13.3. The fourth-order valence-electron chi connectivity index (χ4n) is 4.65. The Balaban J connectivity index is 2.47. The molecule has 3 atom stereocenters. The van der Waals surface area contributed by atoms with Crippen LogP contribution in [-0.4, -0.2) is 82.5 Å². The molecule has 1 amide bonds. The molecular weight excluding hydrogens is 506 g/mol. The Morgan fingerprint density at radius 3 is 2.23 bits per heavy atom. The first-order valence-electron chi connectivity index (χ1n) is 13.3. The highest BCUT2D eigenvalue weighted by atomic mass is 16.6. The van der Waals surface area contributed by atoms with Crippen LogP contribution in [0.15, 0.2) is 34.9 Å². The number of carboxylic acids is 1. The van der Waals surface area contributed by atoms with Crippen molar-refractivity contribution in [1.29, 1.82) is 0 Å². The van der Waals surface area contributed by atoms with Crippen molar-refractivity contribution in [2.45, 2.75) is 90.3 Å². The maximum atomic E-state index is 12.3. The topological polar surface area (TPSA) is 151 Å². The van der Waals surface area contributed by atoms with Crippen molar-refractivity contribution in [1.82, 2.24) is 4.90 Å². The van der Waals surface area contributed by atoms with E-state index in [1.165, 1.54) is 16.0 Å². The van der Waals surface area contributed by atoms with Crippen LogP contribution in [0.1, 0.15) is 79.1 Å². The molecule has 0 fully saturated rings. The Morgan fingerprint density at radius 2 is 1.64 bits per heavy atom. The number of amides is 1. The van der Waals surface area contributed by atoms with Gasteiger partial charge < -0.3 is 29.7 Å². The second kappa shape index (κ2) is 15.6. The second-order valence-electron chi connectivity index (χ2n) is 10.6. The summed E-state index contributed by atoms with van der Waals surface area (Å²) in [6, 6.07) is 0. The molecule has 1 aliphatic heterocycles. The Morgan fingerprint density at radius 1 is 1.05 bits per heavy atom. The third-order valence-electron chi connectivity index (χ3n) is 7.20. The van der Waals surface area contributed by atoms with Gasteiger partial charge in [-0.15, -0.1) is 0 Å². The SMILES string of the molecule is COC(=O)[C@@](C)(O)[C@](O)(C[C@H](C)CC/C=C(/C)CC/C=C(\C)CCCC1=CCN(CC(=O)O)C1=O)C(=O)OC. The summed E-state index contributed by atoms with van der Waals surface area (Å²) in [5.41, 5.74) is -1.75. The molecule has 39 heavy (non-hydrogen) atoms. The molecular formula is C29H45NO9. The van der Waals surface area contributed by atoms with E-state index in [1.54, 1.807) is 0 Å². The fourth-order valence-corrected chi connectivity index (χ4v) is 4.65. The average Bonchev–Trinajstić information content (AvgIpc) is 3.20. The van der Waals surface area contributed by atoms with Crippen LogP contribution in [-0.2, 0) is 28.7 Å². The van der Waals surface area contributed by atoms with Crippen LogP contribution in [0.2, 0.25) is 0 Å². The molecule has 0 spiro atoms. The third-order valence-corrected chi connectivity index (χ3v) is 7.20. The number of esters is 2. The van der Waals surface area contributed by atoms with Gasteiger partial charge in [-0.25, -0.2) is 9.59 Å². The number of rotatable bonds is 17. The van der Waals surface area contributed by atoms with Gasteiger partial charge in [0.15, 0.2) is 5.60 Å². The predicted molar refractivity (Wildman–Crippen MR) is 146 cm³/mol. The molecule has 0 aromatic rings. The summed E-state index contributed by atoms with van der Waals surface area (Å²) >= 11 is 0. The number of carbonyl (C=O) groups is 4. The minimum absolute atomic E-state index is 0.170. The molecule has 1 rings (SSSR count). The van der Waals surface area contributed by atoms with E-state index in [2.05, 4.69) is 28.5 Å². The summed E-state index contributed by atoms with van der Waals surface area (Å²) in [5.74, 6) is -3.60. The highest BCUT2D eigenvalue weighted by molar-refractivity contribution is 5.97. The molecule has 0 saturated heterocycles. The van der Waals surface area contributed by atoms with Crippen LogP contribution in [0.3, 0.4) is 0 Å². The van der Waals surface area contributed by atoms with Gasteiger partial charge in [0.1, 0.15) is 6.54 Å². The maximum absolute atomic E-state index is 12.3. The molecule has 0 aliphatic carbocycles. The number of ether oxygens (including phenoxy) is 2. The van der Waals surface area contributed by atoms with Crippen LogP contribution in [0.4, 0.5) is 0 Å².